The molecule has 0 amide bonds. The van der Waals surface area contributed by atoms with Crippen molar-refractivity contribution < 1.29 is 0 Å². The molecule has 0 aromatic heterocycles. The predicted octanol–water partition coefficient (Wildman–Crippen LogP) is 3.21. The fourth-order valence-corrected chi connectivity index (χ4v) is 2.60. The molecule has 82 valence electrons. The van der Waals surface area contributed by atoms with E-state index in [4.69, 9.17) is 0 Å². The fourth-order valence-electron chi connectivity index (χ4n) is 2.34. The Morgan fingerprint density at radius 1 is 1.47 bits per heavy atom. The summed E-state index contributed by atoms with van der Waals surface area (Å²) < 4.78 is 0. The second-order valence-electron chi connectivity index (χ2n) is 4.65. The predicted molar refractivity (Wildman–Crippen MR) is 67.4 cm³/mol. The van der Waals surface area contributed by atoms with E-state index in [0.717, 1.165) is 17.4 Å². The van der Waals surface area contributed by atoms with Crippen molar-refractivity contribution in [2.24, 2.45) is 5.92 Å². The van der Waals surface area contributed by atoms with Crippen LogP contribution in [0, 0.1) is 5.92 Å². The zero-order valence-electron chi connectivity index (χ0n) is 9.32. The number of thiol groups is 1. The van der Waals surface area contributed by atoms with Gasteiger partial charge in [-0.2, -0.15) is 0 Å². The SMILES string of the molecule is CC1CCCN(Cc2cccc(S)c2)C1. The van der Waals surface area contributed by atoms with E-state index in [0.29, 0.717) is 0 Å². The molecule has 0 spiro atoms. The van der Waals surface area contributed by atoms with Crippen LogP contribution in [0.1, 0.15) is 25.3 Å². The van der Waals surface area contributed by atoms with Gasteiger partial charge in [0.05, 0.1) is 0 Å². The van der Waals surface area contributed by atoms with Crippen LogP contribution >= 0.6 is 12.6 Å². The summed E-state index contributed by atoms with van der Waals surface area (Å²) in [6.07, 6.45) is 2.74. The van der Waals surface area contributed by atoms with Crippen LogP contribution in [-0.2, 0) is 6.54 Å². The minimum Gasteiger partial charge on any atom is -0.299 e. The fraction of sp³-hybridized carbons (Fsp3) is 0.538. The Balaban J connectivity index is 1.96. The molecular formula is C13H19NS. The van der Waals surface area contributed by atoms with Gasteiger partial charge in [-0.15, -0.1) is 12.6 Å². The third-order valence-corrected chi connectivity index (χ3v) is 3.34. The van der Waals surface area contributed by atoms with Crippen LogP contribution < -0.4 is 0 Å². The number of hydrogen-bond donors (Lipinski definition) is 1. The number of hydrogen-bond acceptors (Lipinski definition) is 2. The standard InChI is InChI=1S/C13H19NS/c1-11-4-3-7-14(9-11)10-12-5-2-6-13(15)8-12/h2,5-6,8,11,15H,3-4,7,9-10H2,1H3. The zero-order chi connectivity index (χ0) is 10.7. The molecule has 1 saturated heterocycles. The molecular weight excluding hydrogens is 202 g/mol. The highest BCUT2D eigenvalue weighted by Crippen LogP contribution is 2.18. The summed E-state index contributed by atoms with van der Waals surface area (Å²) in [6.45, 7) is 5.93. The first kappa shape index (κ1) is 11.0. The van der Waals surface area contributed by atoms with Gasteiger partial charge in [0.25, 0.3) is 0 Å². The van der Waals surface area contributed by atoms with Crippen molar-refractivity contribution in [3.8, 4) is 0 Å². The van der Waals surface area contributed by atoms with Gasteiger partial charge >= 0.3 is 0 Å². The third kappa shape index (κ3) is 3.25. The van der Waals surface area contributed by atoms with Crippen LogP contribution in [0.5, 0.6) is 0 Å². The first-order valence-electron chi connectivity index (χ1n) is 5.74. The molecule has 0 saturated carbocycles. The maximum absolute atomic E-state index is 4.37. The lowest BCUT2D eigenvalue weighted by Gasteiger charge is -2.30. The third-order valence-electron chi connectivity index (χ3n) is 3.06. The minimum absolute atomic E-state index is 0.859. The lowest BCUT2D eigenvalue weighted by Crippen LogP contribution is -2.33. The Morgan fingerprint density at radius 3 is 3.07 bits per heavy atom. The van der Waals surface area contributed by atoms with Crippen molar-refractivity contribution in [3.63, 3.8) is 0 Å². The molecule has 0 bridgehead atoms. The molecule has 0 aliphatic carbocycles. The normalized spacial score (nSPS) is 22.9. The van der Waals surface area contributed by atoms with E-state index < -0.39 is 0 Å². The number of likely N-dealkylation sites (tertiary alicyclic amines) is 1. The quantitative estimate of drug-likeness (QED) is 0.751. The number of piperidine rings is 1. The maximum Gasteiger partial charge on any atom is 0.0234 e. The molecule has 1 atom stereocenters. The molecule has 1 aliphatic heterocycles. The smallest absolute Gasteiger partial charge is 0.0234 e. The molecule has 1 aromatic rings. The molecule has 1 aliphatic rings. The van der Waals surface area contributed by atoms with Crippen molar-refractivity contribution in [1.29, 1.82) is 0 Å². The number of rotatable bonds is 2. The van der Waals surface area contributed by atoms with Gasteiger partial charge in [-0.1, -0.05) is 19.1 Å². The zero-order valence-corrected chi connectivity index (χ0v) is 10.2. The van der Waals surface area contributed by atoms with Crippen LogP contribution in [0.15, 0.2) is 29.2 Å². The first-order chi connectivity index (χ1) is 7.24. The largest absolute Gasteiger partial charge is 0.299 e. The van der Waals surface area contributed by atoms with Gasteiger partial charge < -0.3 is 0 Å². The number of nitrogens with zero attached hydrogens (tertiary/aromatic N) is 1. The Morgan fingerprint density at radius 2 is 2.33 bits per heavy atom. The van der Waals surface area contributed by atoms with E-state index in [1.54, 1.807) is 0 Å². The highest BCUT2D eigenvalue weighted by atomic mass is 32.1. The van der Waals surface area contributed by atoms with Gasteiger partial charge in [-0.3, -0.25) is 4.90 Å². The molecule has 1 unspecified atom stereocenters. The number of benzene rings is 1. The van der Waals surface area contributed by atoms with E-state index in [-0.39, 0.29) is 0 Å². The minimum atomic E-state index is 0.859. The van der Waals surface area contributed by atoms with E-state index in [1.807, 2.05) is 6.07 Å². The van der Waals surface area contributed by atoms with E-state index in [9.17, 15) is 0 Å². The highest BCUT2D eigenvalue weighted by Gasteiger charge is 2.15. The van der Waals surface area contributed by atoms with E-state index in [2.05, 4.69) is 42.7 Å². The van der Waals surface area contributed by atoms with Crippen LogP contribution in [0.25, 0.3) is 0 Å². The summed E-state index contributed by atoms with van der Waals surface area (Å²) in [5, 5.41) is 0. The summed E-state index contributed by atoms with van der Waals surface area (Å²) in [4.78, 5) is 3.62. The molecule has 2 rings (SSSR count). The molecule has 1 nitrogen and oxygen atoms in total. The summed E-state index contributed by atoms with van der Waals surface area (Å²) in [7, 11) is 0. The Hall–Kier alpha value is -0.470. The lowest BCUT2D eigenvalue weighted by molar-refractivity contribution is 0.176. The summed E-state index contributed by atoms with van der Waals surface area (Å²) >= 11 is 4.37. The van der Waals surface area contributed by atoms with Crippen LogP contribution in [0.4, 0.5) is 0 Å². The van der Waals surface area contributed by atoms with Crippen molar-refractivity contribution in [1.82, 2.24) is 4.90 Å². The second-order valence-corrected chi connectivity index (χ2v) is 5.17. The average Bonchev–Trinajstić information content (AvgIpc) is 2.17. The lowest BCUT2D eigenvalue weighted by atomic mass is 10.00. The summed E-state index contributed by atoms with van der Waals surface area (Å²) in [6, 6.07) is 8.48. The topological polar surface area (TPSA) is 3.24 Å². The molecule has 1 heterocycles. The maximum atomic E-state index is 4.37. The molecule has 15 heavy (non-hydrogen) atoms. The molecule has 1 aromatic carbocycles. The van der Waals surface area contributed by atoms with Gasteiger partial charge in [0, 0.05) is 18.0 Å². The van der Waals surface area contributed by atoms with E-state index in [1.165, 1.54) is 31.5 Å². The molecule has 1 fully saturated rings. The Kier molecular flexibility index (Phi) is 3.71. The van der Waals surface area contributed by atoms with Crippen molar-refractivity contribution in [2.45, 2.75) is 31.2 Å². The highest BCUT2D eigenvalue weighted by molar-refractivity contribution is 7.80. The van der Waals surface area contributed by atoms with Gasteiger partial charge in [0.15, 0.2) is 0 Å². The van der Waals surface area contributed by atoms with Crippen molar-refractivity contribution >= 4 is 12.6 Å². The molecule has 0 N–H and O–H groups in total. The van der Waals surface area contributed by atoms with E-state index >= 15 is 0 Å². The monoisotopic (exact) mass is 221 g/mol. The average molecular weight is 221 g/mol. The van der Waals surface area contributed by atoms with Gasteiger partial charge in [0.1, 0.15) is 0 Å². The molecule has 2 heteroatoms. The Bertz CT molecular complexity index is 324. The van der Waals surface area contributed by atoms with Crippen molar-refractivity contribution in [3.05, 3.63) is 29.8 Å². The second kappa shape index (κ2) is 5.04. The van der Waals surface area contributed by atoms with Gasteiger partial charge in [0.2, 0.25) is 0 Å². The summed E-state index contributed by atoms with van der Waals surface area (Å²) in [5.41, 5.74) is 1.39. The van der Waals surface area contributed by atoms with Crippen LogP contribution in [-0.4, -0.2) is 18.0 Å². The summed E-state index contributed by atoms with van der Waals surface area (Å²) in [5.74, 6) is 0.859. The van der Waals surface area contributed by atoms with Crippen molar-refractivity contribution in [2.75, 3.05) is 13.1 Å². The Labute approximate surface area is 97.9 Å². The van der Waals surface area contributed by atoms with Gasteiger partial charge in [-0.05, 0) is 43.0 Å². The first-order valence-corrected chi connectivity index (χ1v) is 6.19. The van der Waals surface area contributed by atoms with Crippen LogP contribution in [0.3, 0.4) is 0 Å². The molecule has 0 radical (unpaired) electrons. The van der Waals surface area contributed by atoms with Gasteiger partial charge in [-0.25, -0.2) is 0 Å². The van der Waals surface area contributed by atoms with Crippen LogP contribution in [0.2, 0.25) is 0 Å².